The van der Waals surface area contributed by atoms with Crippen LogP contribution in [0.5, 0.6) is 0 Å². The van der Waals surface area contributed by atoms with Gasteiger partial charge in [-0.1, -0.05) is 20.8 Å². The summed E-state index contributed by atoms with van der Waals surface area (Å²) in [6.45, 7) is 13.3. The molecule has 0 aromatic heterocycles. The summed E-state index contributed by atoms with van der Waals surface area (Å²) in [6, 6.07) is 0. The fraction of sp³-hybridized carbons (Fsp3) is 1.00. The van der Waals surface area contributed by atoms with Crippen molar-refractivity contribution in [3.63, 3.8) is 0 Å². The van der Waals surface area contributed by atoms with E-state index in [1.807, 2.05) is 0 Å². The lowest BCUT2D eigenvalue weighted by atomic mass is 9.89. The number of rotatable bonds is 0. The molecular formula is C14H28N+. The molecule has 2 aliphatic heterocycles. The first-order valence-corrected chi connectivity index (χ1v) is 6.96. The average molecular weight is 210 g/mol. The Morgan fingerprint density at radius 1 is 0.800 bits per heavy atom. The van der Waals surface area contributed by atoms with Gasteiger partial charge >= 0.3 is 0 Å². The van der Waals surface area contributed by atoms with Gasteiger partial charge in [-0.15, -0.1) is 0 Å². The van der Waals surface area contributed by atoms with E-state index in [1.54, 1.807) is 0 Å². The molecule has 0 saturated carbocycles. The maximum atomic E-state index is 2.48. The first-order chi connectivity index (χ1) is 7.11. The minimum Gasteiger partial charge on any atom is -0.323 e. The van der Waals surface area contributed by atoms with Crippen LogP contribution in [0.25, 0.3) is 0 Å². The third-order valence-electron chi connectivity index (χ3n) is 4.88. The zero-order chi connectivity index (χ0) is 10.9. The second kappa shape index (κ2) is 4.45. The van der Waals surface area contributed by atoms with E-state index in [-0.39, 0.29) is 0 Å². The van der Waals surface area contributed by atoms with Crippen molar-refractivity contribution in [2.24, 2.45) is 17.8 Å². The highest BCUT2D eigenvalue weighted by Gasteiger charge is 2.37. The molecular weight excluding hydrogens is 182 g/mol. The maximum absolute atomic E-state index is 2.48. The maximum Gasteiger partial charge on any atom is 0.0815 e. The van der Waals surface area contributed by atoms with Crippen LogP contribution in [0.3, 0.4) is 0 Å². The standard InChI is InChI=1S/C14H28N/c1-12-9-13(2)14(3)11-15(10-12)7-5-4-6-8-15/h12-14H,4-11H2,1-3H3/q+1. The van der Waals surface area contributed by atoms with Crippen LogP contribution in [0.2, 0.25) is 0 Å². The van der Waals surface area contributed by atoms with Crippen LogP contribution in [0.4, 0.5) is 0 Å². The average Bonchev–Trinajstić information content (AvgIpc) is 2.26. The second-order valence-corrected chi connectivity index (χ2v) is 6.51. The lowest BCUT2D eigenvalue weighted by Crippen LogP contribution is -2.54. The van der Waals surface area contributed by atoms with Gasteiger partial charge in [0.05, 0.1) is 26.2 Å². The van der Waals surface area contributed by atoms with E-state index >= 15 is 0 Å². The van der Waals surface area contributed by atoms with Crippen molar-refractivity contribution >= 4 is 0 Å². The highest BCUT2D eigenvalue weighted by molar-refractivity contribution is 4.72. The summed E-state index contributed by atoms with van der Waals surface area (Å²) >= 11 is 0. The Bertz CT molecular complexity index is 205. The Morgan fingerprint density at radius 3 is 2.13 bits per heavy atom. The monoisotopic (exact) mass is 210 g/mol. The van der Waals surface area contributed by atoms with E-state index in [0.29, 0.717) is 0 Å². The molecule has 0 bridgehead atoms. The molecule has 2 heterocycles. The number of quaternary nitrogens is 1. The first kappa shape index (κ1) is 11.4. The predicted octanol–water partition coefficient (Wildman–Crippen LogP) is 3.30. The van der Waals surface area contributed by atoms with Crippen molar-refractivity contribution in [1.82, 2.24) is 0 Å². The van der Waals surface area contributed by atoms with E-state index < -0.39 is 0 Å². The fourth-order valence-corrected chi connectivity index (χ4v) is 4.02. The van der Waals surface area contributed by atoms with Gasteiger partial charge in [0.25, 0.3) is 0 Å². The van der Waals surface area contributed by atoms with Crippen LogP contribution in [0.15, 0.2) is 0 Å². The van der Waals surface area contributed by atoms with Crippen molar-refractivity contribution in [1.29, 1.82) is 0 Å². The van der Waals surface area contributed by atoms with Gasteiger partial charge in [-0.2, -0.15) is 0 Å². The normalized spacial score (nSPS) is 41.4. The van der Waals surface area contributed by atoms with E-state index in [4.69, 9.17) is 0 Å². The van der Waals surface area contributed by atoms with Gasteiger partial charge in [-0.05, 0) is 31.6 Å². The van der Waals surface area contributed by atoms with Crippen molar-refractivity contribution in [2.45, 2.75) is 46.5 Å². The molecule has 0 amide bonds. The van der Waals surface area contributed by atoms with Crippen LogP contribution < -0.4 is 0 Å². The highest BCUT2D eigenvalue weighted by Crippen LogP contribution is 2.32. The van der Waals surface area contributed by atoms with Crippen LogP contribution in [-0.4, -0.2) is 30.7 Å². The second-order valence-electron chi connectivity index (χ2n) is 6.51. The van der Waals surface area contributed by atoms with E-state index in [9.17, 15) is 0 Å². The van der Waals surface area contributed by atoms with Crippen LogP contribution in [0, 0.1) is 17.8 Å². The molecule has 2 rings (SSSR count). The minimum absolute atomic E-state index is 0.938. The lowest BCUT2D eigenvalue weighted by Gasteiger charge is -2.43. The molecule has 1 nitrogen and oxygen atoms in total. The molecule has 88 valence electrons. The summed E-state index contributed by atoms with van der Waals surface area (Å²) in [5.74, 6) is 2.83. The molecule has 1 heteroatoms. The Morgan fingerprint density at radius 2 is 1.47 bits per heavy atom. The minimum atomic E-state index is 0.938. The quantitative estimate of drug-likeness (QED) is 0.538. The van der Waals surface area contributed by atoms with E-state index in [2.05, 4.69) is 20.8 Å². The molecule has 0 aromatic carbocycles. The fourth-order valence-electron chi connectivity index (χ4n) is 4.02. The molecule has 2 aliphatic rings. The van der Waals surface area contributed by atoms with Gasteiger partial charge in [-0.25, -0.2) is 0 Å². The zero-order valence-corrected chi connectivity index (χ0v) is 10.8. The van der Waals surface area contributed by atoms with Crippen LogP contribution >= 0.6 is 0 Å². The van der Waals surface area contributed by atoms with Crippen LogP contribution in [-0.2, 0) is 0 Å². The van der Waals surface area contributed by atoms with Gasteiger partial charge in [0.1, 0.15) is 0 Å². The first-order valence-electron chi connectivity index (χ1n) is 6.96. The SMILES string of the molecule is CC1CC(C)C(C)C[N+]2(CCCCC2)C1. The molecule has 2 saturated heterocycles. The molecule has 0 aliphatic carbocycles. The van der Waals surface area contributed by atoms with Gasteiger partial charge in [-0.3, -0.25) is 0 Å². The summed E-state index contributed by atoms with van der Waals surface area (Å²) in [4.78, 5) is 0. The van der Waals surface area contributed by atoms with Gasteiger partial charge in [0.2, 0.25) is 0 Å². The molecule has 3 unspecified atom stereocenters. The molecule has 15 heavy (non-hydrogen) atoms. The van der Waals surface area contributed by atoms with Gasteiger partial charge < -0.3 is 4.48 Å². The van der Waals surface area contributed by atoms with E-state index in [0.717, 1.165) is 17.8 Å². The Labute approximate surface area is 95.4 Å². The van der Waals surface area contributed by atoms with Crippen LogP contribution in [0.1, 0.15) is 46.5 Å². The Balaban J connectivity index is 2.09. The van der Waals surface area contributed by atoms with Crippen molar-refractivity contribution < 1.29 is 4.48 Å². The third kappa shape index (κ3) is 2.55. The van der Waals surface area contributed by atoms with Crippen molar-refractivity contribution in [3.05, 3.63) is 0 Å². The molecule has 0 N–H and O–H groups in total. The largest absolute Gasteiger partial charge is 0.323 e. The highest BCUT2D eigenvalue weighted by atomic mass is 15.4. The van der Waals surface area contributed by atoms with E-state index in [1.165, 1.54) is 56.3 Å². The van der Waals surface area contributed by atoms with Crippen molar-refractivity contribution in [2.75, 3.05) is 26.2 Å². The van der Waals surface area contributed by atoms with Gasteiger partial charge in [0.15, 0.2) is 0 Å². The summed E-state index contributed by atoms with van der Waals surface area (Å²) < 4.78 is 1.46. The zero-order valence-electron chi connectivity index (χ0n) is 10.8. The molecule has 3 atom stereocenters. The molecule has 0 radical (unpaired) electrons. The summed E-state index contributed by atoms with van der Waals surface area (Å²) in [7, 11) is 0. The molecule has 0 aromatic rings. The molecule has 2 fully saturated rings. The lowest BCUT2D eigenvalue weighted by molar-refractivity contribution is -0.936. The summed E-state index contributed by atoms with van der Waals surface area (Å²) in [5.41, 5.74) is 0. The van der Waals surface area contributed by atoms with Crippen molar-refractivity contribution in [3.8, 4) is 0 Å². The topological polar surface area (TPSA) is 0 Å². The Kier molecular flexibility index (Phi) is 3.39. The number of piperidine rings is 1. The number of hydrogen-bond donors (Lipinski definition) is 0. The third-order valence-corrected chi connectivity index (χ3v) is 4.88. The molecule has 1 spiro atoms. The predicted molar refractivity (Wildman–Crippen MR) is 65.7 cm³/mol. The number of hydrogen-bond acceptors (Lipinski definition) is 0. The Hall–Kier alpha value is -0.0400. The summed E-state index contributed by atoms with van der Waals surface area (Å²) in [6.07, 6.45) is 5.90. The van der Waals surface area contributed by atoms with Gasteiger partial charge in [0, 0.05) is 11.8 Å². The number of nitrogens with zero attached hydrogens (tertiary/aromatic N) is 1. The smallest absolute Gasteiger partial charge is 0.0815 e. The summed E-state index contributed by atoms with van der Waals surface area (Å²) in [5, 5.41) is 0.